The van der Waals surface area contributed by atoms with Gasteiger partial charge in [0.05, 0.1) is 18.8 Å². The lowest BCUT2D eigenvalue weighted by molar-refractivity contribution is -0.213. The third-order valence-electron chi connectivity index (χ3n) is 3.63. The molecule has 1 aliphatic heterocycles. The van der Waals surface area contributed by atoms with Crippen molar-refractivity contribution in [2.45, 2.75) is 45.9 Å². The normalized spacial score (nSPS) is 22.0. The first-order chi connectivity index (χ1) is 13.4. The third kappa shape index (κ3) is 6.68. The van der Waals surface area contributed by atoms with Crippen LogP contribution in [-0.4, -0.2) is 50.2 Å². The molecule has 0 aromatic heterocycles. The van der Waals surface area contributed by atoms with E-state index in [0.29, 0.717) is 5.56 Å². The summed E-state index contributed by atoms with van der Waals surface area (Å²) in [6.45, 7) is 4.98. The average Bonchev–Trinajstić information content (AvgIpc) is 3.02. The van der Waals surface area contributed by atoms with Crippen molar-refractivity contribution >= 4 is 19.5 Å². The van der Waals surface area contributed by atoms with Crippen molar-refractivity contribution < 1.29 is 42.1 Å². The Labute approximate surface area is 163 Å². The van der Waals surface area contributed by atoms with Crippen LogP contribution >= 0.6 is 7.60 Å². The van der Waals surface area contributed by atoms with E-state index >= 15 is 0 Å². The highest BCUT2D eigenvalue weighted by Crippen LogP contribution is 2.48. The summed E-state index contributed by atoms with van der Waals surface area (Å²) in [5.41, 5.74) is 0.352. The van der Waals surface area contributed by atoms with Crippen LogP contribution in [0.15, 0.2) is 30.3 Å². The second kappa shape index (κ2) is 10.7. The predicted molar refractivity (Wildman–Crippen MR) is 97.5 cm³/mol. The summed E-state index contributed by atoms with van der Waals surface area (Å²) < 4.78 is 44.2. The Morgan fingerprint density at radius 3 is 2.32 bits per heavy atom. The summed E-state index contributed by atoms with van der Waals surface area (Å²) in [4.78, 5) is 23.6. The molecular weight excluding hydrogens is 391 g/mol. The standard InChI is InChI=1S/C18H25O9P/c1-4-23-28(21,24-5-2)12-22-16-11-15(18(27-16)25-13(3)19)26-17(20)14-9-7-6-8-10-14/h6-10,15-16,18H,4-5,11-12H2,1-3H3/t15-,16-,18-/m0/s1. The first kappa shape index (κ1) is 22.5. The van der Waals surface area contributed by atoms with Gasteiger partial charge in [0.1, 0.15) is 0 Å². The monoisotopic (exact) mass is 416 g/mol. The van der Waals surface area contributed by atoms with Gasteiger partial charge < -0.3 is 28.0 Å². The minimum Gasteiger partial charge on any atom is -0.452 e. The van der Waals surface area contributed by atoms with Crippen molar-refractivity contribution in [3.63, 3.8) is 0 Å². The number of carbonyl (C=O) groups excluding carboxylic acids is 2. The van der Waals surface area contributed by atoms with Gasteiger partial charge in [0.2, 0.25) is 6.29 Å². The Balaban J connectivity index is 2.00. The molecule has 0 unspecified atom stereocenters. The Hall–Kier alpha value is -1.77. The molecule has 156 valence electrons. The van der Waals surface area contributed by atoms with Gasteiger partial charge in [-0.3, -0.25) is 9.36 Å². The summed E-state index contributed by atoms with van der Waals surface area (Å²) in [5, 5.41) is 0. The van der Waals surface area contributed by atoms with E-state index in [0.717, 1.165) is 0 Å². The van der Waals surface area contributed by atoms with E-state index in [-0.39, 0.29) is 26.0 Å². The smallest absolute Gasteiger partial charge is 0.356 e. The number of esters is 2. The zero-order valence-corrected chi connectivity index (χ0v) is 17.0. The van der Waals surface area contributed by atoms with Crippen molar-refractivity contribution in [3.05, 3.63) is 35.9 Å². The molecule has 1 aliphatic rings. The van der Waals surface area contributed by atoms with Gasteiger partial charge in [-0.1, -0.05) is 18.2 Å². The van der Waals surface area contributed by atoms with Crippen LogP contribution in [0.2, 0.25) is 0 Å². The largest absolute Gasteiger partial charge is 0.452 e. The Morgan fingerprint density at radius 2 is 1.75 bits per heavy atom. The van der Waals surface area contributed by atoms with Crippen molar-refractivity contribution in [2.24, 2.45) is 0 Å². The molecule has 0 aliphatic carbocycles. The van der Waals surface area contributed by atoms with Crippen molar-refractivity contribution in [1.82, 2.24) is 0 Å². The van der Waals surface area contributed by atoms with Crippen molar-refractivity contribution in [1.29, 1.82) is 0 Å². The van der Waals surface area contributed by atoms with Crippen LogP contribution in [-0.2, 0) is 37.4 Å². The second-order valence-corrected chi connectivity index (χ2v) is 7.83. The van der Waals surface area contributed by atoms with Gasteiger partial charge in [0.25, 0.3) is 0 Å². The summed E-state index contributed by atoms with van der Waals surface area (Å²) in [7, 11) is -3.43. The maximum Gasteiger partial charge on any atom is 0.356 e. The van der Waals surface area contributed by atoms with E-state index in [1.807, 2.05) is 0 Å². The maximum atomic E-state index is 12.5. The van der Waals surface area contributed by atoms with Crippen LogP contribution < -0.4 is 0 Å². The van der Waals surface area contributed by atoms with E-state index in [2.05, 4.69) is 0 Å². The molecule has 0 N–H and O–H groups in total. The molecule has 3 atom stereocenters. The molecule has 0 bridgehead atoms. The molecule has 1 saturated heterocycles. The van der Waals surface area contributed by atoms with Gasteiger partial charge in [-0.25, -0.2) is 4.79 Å². The number of carbonyl (C=O) groups is 2. The first-order valence-electron chi connectivity index (χ1n) is 8.95. The molecule has 28 heavy (non-hydrogen) atoms. The van der Waals surface area contributed by atoms with Gasteiger partial charge in [-0.05, 0) is 26.0 Å². The molecular formula is C18H25O9P. The molecule has 1 heterocycles. The van der Waals surface area contributed by atoms with Gasteiger partial charge >= 0.3 is 19.5 Å². The molecule has 0 amide bonds. The average molecular weight is 416 g/mol. The van der Waals surface area contributed by atoms with Gasteiger partial charge in [-0.2, -0.15) is 0 Å². The number of ether oxygens (including phenoxy) is 4. The van der Waals surface area contributed by atoms with Crippen LogP contribution in [0.3, 0.4) is 0 Å². The lowest BCUT2D eigenvalue weighted by Gasteiger charge is -2.19. The van der Waals surface area contributed by atoms with Crippen molar-refractivity contribution in [3.8, 4) is 0 Å². The minimum atomic E-state index is -3.43. The molecule has 2 rings (SSSR count). The summed E-state index contributed by atoms with van der Waals surface area (Å²) in [6, 6.07) is 8.39. The quantitative estimate of drug-likeness (QED) is 0.420. The van der Waals surface area contributed by atoms with Crippen LogP contribution in [0.1, 0.15) is 37.6 Å². The highest BCUT2D eigenvalue weighted by molar-refractivity contribution is 7.53. The fourth-order valence-corrected chi connectivity index (χ4v) is 3.89. The summed E-state index contributed by atoms with van der Waals surface area (Å²) in [5.74, 6) is -1.18. The van der Waals surface area contributed by atoms with E-state index in [1.165, 1.54) is 6.92 Å². The zero-order valence-electron chi connectivity index (χ0n) is 16.1. The molecule has 10 heteroatoms. The molecule has 9 nitrogen and oxygen atoms in total. The Bertz CT molecular complexity index is 684. The topological polar surface area (TPSA) is 107 Å². The number of rotatable bonds is 10. The number of benzene rings is 1. The highest BCUT2D eigenvalue weighted by Gasteiger charge is 2.42. The highest BCUT2D eigenvalue weighted by atomic mass is 31.2. The van der Waals surface area contributed by atoms with Crippen LogP contribution in [0.25, 0.3) is 0 Å². The Kier molecular flexibility index (Phi) is 8.59. The number of hydrogen-bond donors (Lipinski definition) is 0. The van der Waals surface area contributed by atoms with E-state index in [9.17, 15) is 14.2 Å². The van der Waals surface area contributed by atoms with E-state index < -0.39 is 38.2 Å². The second-order valence-electron chi connectivity index (χ2n) is 5.83. The van der Waals surface area contributed by atoms with Crippen molar-refractivity contribution in [2.75, 3.05) is 19.6 Å². The summed E-state index contributed by atoms with van der Waals surface area (Å²) in [6.07, 6.45) is -3.17. The van der Waals surface area contributed by atoms with Crippen LogP contribution in [0, 0.1) is 0 Å². The molecule has 1 aromatic carbocycles. The third-order valence-corrected chi connectivity index (χ3v) is 5.40. The first-order valence-corrected chi connectivity index (χ1v) is 10.7. The maximum absolute atomic E-state index is 12.5. The minimum absolute atomic E-state index is 0.0920. The van der Waals surface area contributed by atoms with E-state index in [4.69, 9.17) is 28.0 Å². The van der Waals surface area contributed by atoms with Gasteiger partial charge in [0.15, 0.2) is 18.7 Å². The number of hydrogen-bond acceptors (Lipinski definition) is 9. The fourth-order valence-electron chi connectivity index (χ4n) is 2.53. The SMILES string of the molecule is CCOP(=O)(CO[C@@H]1C[C@H](OC(=O)c2ccccc2)[C@@H](OC(C)=O)O1)OCC. The molecule has 1 fully saturated rings. The zero-order chi connectivity index (χ0) is 20.6. The lowest BCUT2D eigenvalue weighted by atomic mass is 10.2. The Morgan fingerprint density at radius 1 is 1.11 bits per heavy atom. The van der Waals surface area contributed by atoms with Gasteiger partial charge in [-0.15, -0.1) is 0 Å². The molecule has 0 spiro atoms. The lowest BCUT2D eigenvalue weighted by Crippen LogP contribution is -2.31. The fraction of sp³-hybridized carbons (Fsp3) is 0.556. The molecule has 0 radical (unpaired) electrons. The molecule has 0 saturated carbocycles. The summed E-state index contributed by atoms with van der Waals surface area (Å²) >= 11 is 0. The van der Waals surface area contributed by atoms with Crippen LogP contribution in [0.4, 0.5) is 0 Å². The van der Waals surface area contributed by atoms with Gasteiger partial charge in [0, 0.05) is 13.3 Å². The predicted octanol–water partition coefficient (Wildman–Crippen LogP) is 3.09. The molecule has 1 aromatic rings. The van der Waals surface area contributed by atoms with E-state index in [1.54, 1.807) is 44.2 Å². The van der Waals surface area contributed by atoms with Crippen LogP contribution in [0.5, 0.6) is 0 Å².